The molecule has 0 aliphatic rings. The minimum absolute atomic E-state index is 0.0748. The number of nitrogens with one attached hydrogen (secondary N) is 2. The molecule has 0 aromatic heterocycles. The van der Waals surface area contributed by atoms with Gasteiger partial charge in [-0.05, 0) is 32.1 Å². The molecule has 1 rings (SSSR count). The molecule has 1 aromatic carbocycles. The lowest BCUT2D eigenvalue weighted by Gasteiger charge is -2.14. The Morgan fingerprint density at radius 3 is 2.53 bits per heavy atom. The van der Waals surface area contributed by atoms with E-state index in [0.29, 0.717) is 17.7 Å². The molecule has 0 radical (unpaired) electrons. The molecule has 5 heteroatoms. The summed E-state index contributed by atoms with van der Waals surface area (Å²) in [7, 11) is 5.23. The lowest BCUT2D eigenvalue weighted by molar-refractivity contribution is -0.116. The van der Waals surface area contributed by atoms with Crippen LogP contribution in [0.3, 0.4) is 0 Å². The van der Waals surface area contributed by atoms with Gasteiger partial charge in [0.1, 0.15) is 0 Å². The summed E-state index contributed by atoms with van der Waals surface area (Å²) in [6.07, 6.45) is 1.21. The van der Waals surface area contributed by atoms with Gasteiger partial charge in [-0.25, -0.2) is 0 Å². The Balaban J connectivity index is 2.73. The van der Waals surface area contributed by atoms with Gasteiger partial charge in [0.2, 0.25) is 5.91 Å². The highest BCUT2D eigenvalue weighted by molar-refractivity contribution is 6.03. The van der Waals surface area contributed by atoms with Gasteiger partial charge in [0.15, 0.2) is 0 Å². The number of nitrogens with zero attached hydrogens (tertiary/aromatic N) is 1. The Hall–Kier alpha value is -1.88. The third-order valence-corrected chi connectivity index (χ3v) is 2.67. The summed E-state index contributed by atoms with van der Waals surface area (Å²) in [5.74, 6) is -0.194. The molecule has 5 nitrogen and oxygen atoms in total. The fraction of sp³-hybridized carbons (Fsp3) is 0.429. The van der Waals surface area contributed by atoms with E-state index >= 15 is 0 Å². The van der Waals surface area contributed by atoms with Crippen LogP contribution in [-0.4, -0.2) is 44.4 Å². The third kappa shape index (κ3) is 4.71. The van der Waals surface area contributed by atoms with Crippen molar-refractivity contribution in [1.82, 2.24) is 10.2 Å². The molecule has 0 atom stereocenters. The molecular weight excluding hydrogens is 242 g/mol. The van der Waals surface area contributed by atoms with Crippen LogP contribution in [0.2, 0.25) is 0 Å². The zero-order chi connectivity index (χ0) is 14.3. The smallest absolute Gasteiger partial charge is 0.255 e. The number of anilines is 1. The average Bonchev–Trinajstić information content (AvgIpc) is 2.38. The summed E-state index contributed by atoms with van der Waals surface area (Å²) in [5.41, 5.74) is 1.07. The highest BCUT2D eigenvalue weighted by Crippen LogP contribution is 2.16. The van der Waals surface area contributed by atoms with Crippen molar-refractivity contribution in [2.24, 2.45) is 0 Å². The molecule has 0 heterocycles. The van der Waals surface area contributed by atoms with E-state index in [9.17, 15) is 9.59 Å². The van der Waals surface area contributed by atoms with Crippen molar-refractivity contribution < 1.29 is 9.59 Å². The van der Waals surface area contributed by atoms with Gasteiger partial charge >= 0.3 is 0 Å². The van der Waals surface area contributed by atoms with Crippen molar-refractivity contribution in [3.8, 4) is 0 Å². The van der Waals surface area contributed by atoms with Gasteiger partial charge in [0.25, 0.3) is 5.91 Å². The van der Waals surface area contributed by atoms with Gasteiger partial charge in [-0.2, -0.15) is 0 Å². The monoisotopic (exact) mass is 263 g/mol. The van der Waals surface area contributed by atoms with Crippen LogP contribution in [0, 0.1) is 0 Å². The summed E-state index contributed by atoms with van der Waals surface area (Å²) in [6, 6.07) is 7.04. The first-order valence-electron chi connectivity index (χ1n) is 6.31. The third-order valence-electron chi connectivity index (χ3n) is 2.67. The van der Waals surface area contributed by atoms with E-state index in [4.69, 9.17) is 0 Å². The van der Waals surface area contributed by atoms with Gasteiger partial charge in [-0.3, -0.25) is 9.59 Å². The van der Waals surface area contributed by atoms with Crippen molar-refractivity contribution >= 4 is 17.5 Å². The van der Waals surface area contributed by atoms with Crippen molar-refractivity contribution in [2.45, 2.75) is 12.8 Å². The van der Waals surface area contributed by atoms with Crippen LogP contribution >= 0.6 is 0 Å². The maximum atomic E-state index is 12.0. The fourth-order valence-corrected chi connectivity index (χ4v) is 1.66. The molecule has 19 heavy (non-hydrogen) atoms. The molecule has 0 bridgehead atoms. The number of carbonyl (C=O) groups is 2. The molecule has 104 valence electrons. The number of hydrogen-bond donors (Lipinski definition) is 2. The van der Waals surface area contributed by atoms with Crippen LogP contribution in [-0.2, 0) is 4.79 Å². The van der Waals surface area contributed by atoms with Crippen LogP contribution in [0.5, 0.6) is 0 Å². The number of hydrogen-bond acceptors (Lipinski definition) is 3. The predicted molar refractivity (Wildman–Crippen MR) is 76.2 cm³/mol. The zero-order valence-electron chi connectivity index (χ0n) is 11.7. The van der Waals surface area contributed by atoms with E-state index in [1.807, 2.05) is 7.05 Å². The second kappa shape index (κ2) is 7.53. The number of carbonyl (C=O) groups excluding carboxylic acids is 2. The minimum Gasteiger partial charge on any atom is -0.345 e. The van der Waals surface area contributed by atoms with Crippen molar-refractivity contribution in [2.75, 3.05) is 33.0 Å². The Bertz CT molecular complexity index is 444. The van der Waals surface area contributed by atoms with Crippen LogP contribution in [0.15, 0.2) is 24.3 Å². The first-order chi connectivity index (χ1) is 9.06. The normalized spacial score (nSPS) is 10.1. The second-order valence-corrected chi connectivity index (χ2v) is 4.50. The Morgan fingerprint density at radius 2 is 1.89 bits per heavy atom. The Labute approximate surface area is 114 Å². The maximum Gasteiger partial charge on any atom is 0.255 e. The molecular formula is C14H21N3O2. The summed E-state index contributed by atoms with van der Waals surface area (Å²) < 4.78 is 0. The number of para-hydroxylation sites is 1. The molecule has 0 saturated heterocycles. The van der Waals surface area contributed by atoms with Crippen LogP contribution in [0.4, 0.5) is 5.69 Å². The quantitative estimate of drug-likeness (QED) is 0.761. The van der Waals surface area contributed by atoms with E-state index in [2.05, 4.69) is 10.6 Å². The maximum absolute atomic E-state index is 12.0. The molecule has 2 N–H and O–H groups in total. The summed E-state index contributed by atoms with van der Waals surface area (Å²) >= 11 is 0. The molecule has 0 unspecified atom stereocenters. The van der Waals surface area contributed by atoms with E-state index in [1.165, 1.54) is 4.90 Å². The molecule has 0 fully saturated rings. The number of rotatable bonds is 6. The van der Waals surface area contributed by atoms with Gasteiger partial charge in [0, 0.05) is 20.5 Å². The van der Waals surface area contributed by atoms with Crippen molar-refractivity contribution in [1.29, 1.82) is 0 Å². The number of amides is 2. The summed E-state index contributed by atoms with van der Waals surface area (Å²) in [4.78, 5) is 25.2. The van der Waals surface area contributed by atoms with E-state index in [1.54, 1.807) is 38.4 Å². The van der Waals surface area contributed by atoms with E-state index < -0.39 is 0 Å². The highest BCUT2D eigenvalue weighted by atomic mass is 16.2. The molecule has 0 saturated carbocycles. The Kier molecular flexibility index (Phi) is 6.02. The zero-order valence-corrected chi connectivity index (χ0v) is 11.7. The lowest BCUT2D eigenvalue weighted by Crippen LogP contribution is -2.24. The van der Waals surface area contributed by atoms with Gasteiger partial charge < -0.3 is 15.5 Å². The largest absolute Gasteiger partial charge is 0.345 e. The van der Waals surface area contributed by atoms with Crippen LogP contribution < -0.4 is 10.6 Å². The van der Waals surface area contributed by atoms with Gasteiger partial charge in [-0.1, -0.05) is 12.1 Å². The van der Waals surface area contributed by atoms with E-state index in [-0.39, 0.29) is 11.8 Å². The van der Waals surface area contributed by atoms with Crippen molar-refractivity contribution in [3.63, 3.8) is 0 Å². The predicted octanol–water partition coefficient (Wildman–Crippen LogP) is 1.33. The molecule has 2 amide bonds. The standard InChI is InChI=1S/C14H21N3O2/c1-15-10-6-9-13(18)16-12-8-5-4-7-11(12)14(19)17(2)3/h4-5,7-8,15H,6,9-10H2,1-3H3,(H,16,18). The minimum atomic E-state index is -0.119. The highest BCUT2D eigenvalue weighted by Gasteiger charge is 2.14. The lowest BCUT2D eigenvalue weighted by atomic mass is 10.1. The average molecular weight is 263 g/mol. The number of benzene rings is 1. The molecule has 0 spiro atoms. The first-order valence-corrected chi connectivity index (χ1v) is 6.31. The molecule has 1 aromatic rings. The first kappa shape index (κ1) is 15.2. The topological polar surface area (TPSA) is 61.4 Å². The second-order valence-electron chi connectivity index (χ2n) is 4.50. The van der Waals surface area contributed by atoms with E-state index in [0.717, 1.165) is 13.0 Å². The summed E-state index contributed by atoms with van der Waals surface area (Å²) in [5, 5.41) is 5.78. The van der Waals surface area contributed by atoms with Gasteiger partial charge in [-0.15, -0.1) is 0 Å². The van der Waals surface area contributed by atoms with Gasteiger partial charge in [0.05, 0.1) is 11.3 Å². The molecule has 0 aliphatic heterocycles. The summed E-state index contributed by atoms with van der Waals surface area (Å²) in [6.45, 7) is 0.797. The van der Waals surface area contributed by atoms with Crippen LogP contribution in [0.25, 0.3) is 0 Å². The SMILES string of the molecule is CNCCCC(=O)Nc1ccccc1C(=O)N(C)C. The fourth-order valence-electron chi connectivity index (χ4n) is 1.66. The Morgan fingerprint density at radius 1 is 1.21 bits per heavy atom. The van der Waals surface area contributed by atoms with Crippen LogP contribution in [0.1, 0.15) is 23.2 Å². The van der Waals surface area contributed by atoms with Crippen molar-refractivity contribution in [3.05, 3.63) is 29.8 Å². The molecule has 0 aliphatic carbocycles.